The molecule has 3 aliphatic carbocycles. The molecule has 0 spiro atoms. The fourth-order valence-corrected chi connectivity index (χ4v) is 8.33. The zero-order valence-corrected chi connectivity index (χ0v) is 31.3. The van der Waals surface area contributed by atoms with Gasteiger partial charge in [-0.1, -0.05) is 46.2 Å². The highest BCUT2D eigenvalue weighted by molar-refractivity contribution is 7.85. The lowest BCUT2D eigenvalue weighted by Crippen LogP contribution is -2.60. The van der Waals surface area contributed by atoms with E-state index in [1.807, 2.05) is 68.8 Å². The highest BCUT2D eigenvalue weighted by atomic mass is 32.2. The lowest BCUT2D eigenvalue weighted by atomic mass is 9.85. The number of likely N-dealkylation sites (tertiary alicyclic amines) is 1. The summed E-state index contributed by atoms with van der Waals surface area (Å²) in [4.78, 5) is 56.8. The van der Waals surface area contributed by atoms with Crippen LogP contribution in [0.3, 0.4) is 0 Å². The zero-order valence-electron chi connectivity index (χ0n) is 30.4. The molecule has 15 heteroatoms. The fraction of sp³-hybridized carbons (Fsp3) is 0.622. The Morgan fingerprint density at radius 1 is 1.00 bits per heavy atom. The topological polar surface area (TPSA) is 179 Å². The fourth-order valence-electron chi connectivity index (χ4n) is 7.33. The molecule has 3 N–H and O–H groups in total. The average Bonchev–Trinajstić information content (AvgIpc) is 3.92. The van der Waals surface area contributed by atoms with Gasteiger partial charge in [-0.3, -0.25) is 18.6 Å². The third-order valence-electron chi connectivity index (χ3n) is 10.5. The van der Waals surface area contributed by atoms with Crippen molar-refractivity contribution in [1.82, 2.24) is 20.3 Å². The molecular formula is C37H50N4O10S. The van der Waals surface area contributed by atoms with Gasteiger partial charge in [0, 0.05) is 11.8 Å². The van der Waals surface area contributed by atoms with Crippen molar-refractivity contribution < 1.29 is 46.0 Å². The van der Waals surface area contributed by atoms with Gasteiger partial charge in [0.25, 0.3) is 5.91 Å². The number of fused-ring (bicyclic) bond motifs is 1. The summed E-state index contributed by atoms with van der Waals surface area (Å²) in [6, 6.07) is 8.99. The number of methoxy groups -OCH3 is 1. The molecule has 6 rings (SSSR count). The number of carbonyl (C=O) groups is 4. The number of hydrogen-bond donors (Lipinski definition) is 3. The number of rotatable bonds is 13. The predicted molar refractivity (Wildman–Crippen MR) is 191 cm³/mol. The van der Waals surface area contributed by atoms with E-state index in [2.05, 4.69) is 10.6 Å². The highest BCUT2D eigenvalue weighted by Gasteiger charge is 2.62. The van der Waals surface area contributed by atoms with Gasteiger partial charge in [0.05, 0.1) is 19.8 Å². The Balaban J connectivity index is 1.26. The zero-order chi connectivity index (χ0) is 37.4. The van der Waals surface area contributed by atoms with Crippen LogP contribution in [-0.2, 0) is 33.6 Å². The Morgan fingerprint density at radius 3 is 2.37 bits per heavy atom. The van der Waals surface area contributed by atoms with E-state index in [1.54, 1.807) is 7.11 Å². The summed E-state index contributed by atoms with van der Waals surface area (Å²) >= 11 is 0. The summed E-state index contributed by atoms with van der Waals surface area (Å²) < 4.78 is 49.7. The first-order valence-electron chi connectivity index (χ1n) is 18.2. The van der Waals surface area contributed by atoms with Crippen LogP contribution in [0.1, 0.15) is 85.5 Å². The van der Waals surface area contributed by atoms with Crippen LogP contribution in [0.15, 0.2) is 36.4 Å². The van der Waals surface area contributed by atoms with Gasteiger partial charge in [-0.15, -0.1) is 0 Å². The Bertz CT molecular complexity index is 1800. The Labute approximate surface area is 304 Å². The standard InChI is InChI=1S/C37H50N4O10S/c1-6-23-20-37(23,34(44)40-52(46,47)51-25-14-15-25)39-32(42)29-19-27(49-30-13-9-10-22-18-26(48-5)16-17-28(22)30)21-41(29)33(43)31(36(2,3)4)38-35(45)50-24-11-7-8-12-24/h9-10,13,16-18,23-25,27,29,31H,6-8,11-12,14-15,19-21H2,1-5H3,(H,38,45)(H,39,42)(H,40,44)/t23?,27-,29?,31?,37-/m1/s1. The second-order valence-corrected chi connectivity index (χ2v) is 16.8. The van der Waals surface area contributed by atoms with E-state index in [9.17, 15) is 27.6 Å². The minimum absolute atomic E-state index is 0.00933. The number of amides is 4. The molecule has 0 radical (unpaired) electrons. The van der Waals surface area contributed by atoms with Crippen LogP contribution in [0.5, 0.6) is 11.5 Å². The summed E-state index contributed by atoms with van der Waals surface area (Å²) in [7, 11) is -2.79. The van der Waals surface area contributed by atoms with Gasteiger partial charge in [-0.25, -0.2) is 9.52 Å². The van der Waals surface area contributed by atoms with Crippen LogP contribution >= 0.6 is 0 Å². The van der Waals surface area contributed by atoms with E-state index in [4.69, 9.17) is 18.4 Å². The predicted octanol–water partition coefficient (Wildman–Crippen LogP) is 4.11. The smallest absolute Gasteiger partial charge is 0.408 e. The van der Waals surface area contributed by atoms with E-state index in [1.165, 1.54) is 4.90 Å². The summed E-state index contributed by atoms with van der Waals surface area (Å²) in [5, 5.41) is 7.30. The first-order chi connectivity index (χ1) is 24.6. The van der Waals surface area contributed by atoms with Crippen LogP contribution < -0.4 is 24.8 Å². The molecule has 3 unspecified atom stereocenters. The lowest BCUT2D eigenvalue weighted by Gasteiger charge is -2.35. The number of nitrogens with one attached hydrogen (secondary N) is 3. The number of benzene rings is 2. The first-order valence-corrected chi connectivity index (χ1v) is 19.6. The van der Waals surface area contributed by atoms with Gasteiger partial charge in [0.1, 0.15) is 41.3 Å². The van der Waals surface area contributed by atoms with E-state index in [0.29, 0.717) is 30.8 Å². The second-order valence-electron chi connectivity index (χ2n) is 15.5. The Morgan fingerprint density at radius 2 is 1.73 bits per heavy atom. The SMILES string of the molecule is CCC1C[C@]1(NC(=O)C1C[C@@H](Oc2cccc3cc(OC)ccc23)CN1C(=O)C(NC(=O)OC1CCCC1)C(C)(C)C)C(=O)NS(=O)(=O)OC1CC1. The van der Waals surface area contributed by atoms with E-state index in [-0.39, 0.29) is 31.4 Å². The van der Waals surface area contributed by atoms with Crippen molar-refractivity contribution in [2.24, 2.45) is 11.3 Å². The maximum atomic E-state index is 14.5. The van der Waals surface area contributed by atoms with Crippen molar-refractivity contribution in [2.45, 2.75) is 121 Å². The molecule has 4 amide bonds. The van der Waals surface area contributed by atoms with Gasteiger partial charge in [-0.05, 0) is 85.9 Å². The molecule has 1 heterocycles. The largest absolute Gasteiger partial charge is 0.497 e. The van der Waals surface area contributed by atoms with Crippen molar-refractivity contribution in [3.8, 4) is 11.5 Å². The van der Waals surface area contributed by atoms with Crippen molar-refractivity contribution in [3.05, 3.63) is 36.4 Å². The molecular weight excluding hydrogens is 692 g/mol. The van der Waals surface area contributed by atoms with Crippen LogP contribution in [0.4, 0.5) is 4.79 Å². The maximum absolute atomic E-state index is 14.5. The number of nitrogens with zero attached hydrogens (tertiary/aromatic N) is 1. The van der Waals surface area contributed by atoms with Gasteiger partial charge in [-0.2, -0.15) is 8.42 Å². The minimum Gasteiger partial charge on any atom is -0.497 e. The summed E-state index contributed by atoms with van der Waals surface area (Å²) in [5.41, 5.74) is -2.28. The second kappa shape index (κ2) is 14.7. The molecule has 1 saturated heterocycles. The van der Waals surface area contributed by atoms with E-state index in [0.717, 1.165) is 36.5 Å². The molecule has 2 aromatic rings. The third-order valence-corrected chi connectivity index (χ3v) is 11.5. The molecule has 1 aliphatic heterocycles. The maximum Gasteiger partial charge on any atom is 0.408 e. The third kappa shape index (κ3) is 8.41. The number of ether oxygens (including phenoxy) is 3. The molecule has 0 aromatic heterocycles. The van der Waals surface area contributed by atoms with Crippen LogP contribution in [-0.4, -0.2) is 86.7 Å². The monoisotopic (exact) mass is 742 g/mol. The Kier molecular flexibility index (Phi) is 10.7. The Hall–Kier alpha value is -4.11. The molecule has 0 bridgehead atoms. The van der Waals surface area contributed by atoms with Crippen LogP contribution in [0, 0.1) is 11.3 Å². The quantitative estimate of drug-likeness (QED) is 0.271. The molecule has 3 saturated carbocycles. The average molecular weight is 743 g/mol. The van der Waals surface area contributed by atoms with Gasteiger partial charge in [0.2, 0.25) is 11.8 Å². The van der Waals surface area contributed by atoms with Gasteiger partial charge in [0.15, 0.2) is 0 Å². The van der Waals surface area contributed by atoms with Crippen molar-refractivity contribution in [1.29, 1.82) is 0 Å². The molecule has 5 atom stereocenters. The molecule has 52 heavy (non-hydrogen) atoms. The summed E-state index contributed by atoms with van der Waals surface area (Å²) in [6.45, 7) is 7.30. The summed E-state index contributed by atoms with van der Waals surface area (Å²) in [6.07, 6.45) is 3.40. The van der Waals surface area contributed by atoms with E-state index >= 15 is 0 Å². The van der Waals surface area contributed by atoms with Gasteiger partial charge < -0.3 is 29.7 Å². The van der Waals surface area contributed by atoms with Crippen molar-refractivity contribution >= 4 is 44.9 Å². The molecule has 14 nitrogen and oxygen atoms in total. The first kappa shape index (κ1) is 37.6. The summed E-state index contributed by atoms with van der Waals surface area (Å²) in [5.74, 6) is -1.11. The normalized spacial score (nSPS) is 25.3. The number of alkyl carbamates (subject to hydrolysis) is 1. The molecule has 4 aliphatic rings. The molecule has 4 fully saturated rings. The van der Waals surface area contributed by atoms with Gasteiger partial charge >= 0.3 is 16.4 Å². The number of hydrogen-bond acceptors (Lipinski definition) is 10. The van der Waals surface area contributed by atoms with Crippen LogP contribution in [0.2, 0.25) is 0 Å². The van der Waals surface area contributed by atoms with Crippen molar-refractivity contribution in [3.63, 3.8) is 0 Å². The molecule has 2 aromatic carbocycles. The highest BCUT2D eigenvalue weighted by Crippen LogP contribution is 2.47. The number of carbonyl (C=O) groups excluding carboxylic acids is 4. The van der Waals surface area contributed by atoms with Crippen molar-refractivity contribution in [2.75, 3.05) is 13.7 Å². The lowest BCUT2D eigenvalue weighted by molar-refractivity contribution is -0.143. The molecule has 284 valence electrons. The van der Waals surface area contributed by atoms with E-state index < -0.39 is 69.4 Å². The van der Waals surface area contributed by atoms with Crippen LogP contribution in [0.25, 0.3) is 10.8 Å². The minimum atomic E-state index is -4.38.